The van der Waals surface area contributed by atoms with Crippen LogP contribution in [0.3, 0.4) is 0 Å². The molecule has 11 heteroatoms. The number of thioether (sulfide) groups is 1. The van der Waals surface area contributed by atoms with Crippen LogP contribution in [-0.4, -0.2) is 36.5 Å². The highest BCUT2D eigenvalue weighted by Gasteiger charge is 2.36. The molecular formula is C20H12N6O4S. The molecule has 31 heavy (non-hydrogen) atoms. The van der Waals surface area contributed by atoms with Crippen molar-refractivity contribution in [3.05, 3.63) is 88.1 Å². The van der Waals surface area contributed by atoms with Crippen molar-refractivity contribution in [1.29, 1.82) is 5.41 Å². The minimum absolute atomic E-state index is 0.0151. The molecule has 0 radical (unpaired) electrons. The number of furan rings is 1. The zero-order valence-electron chi connectivity index (χ0n) is 15.6. The molecule has 1 aromatic carbocycles. The molecule has 1 N–H and O–H groups in total. The minimum atomic E-state index is -0.545. The molecule has 0 spiro atoms. The third-order valence-electron chi connectivity index (χ3n) is 4.60. The molecule has 0 fully saturated rings. The van der Waals surface area contributed by atoms with Gasteiger partial charge in [-0.1, -0.05) is 0 Å². The number of carbonyl (C=O) groups excluding carboxylic acids is 1. The normalized spacial score (nSPS) is 17.0. The molecule has 5 rings (SSSR count). The first-order chi connectivity index (χ1) is 15.0. The van der Waals surface area contributed by atoms with Crippen molar-refractivity contribution in [3.8, 4) is 5.69 Å². The third-order valence-corrected chi connectivity index (χ3v) is 5.52. The number of hydrazone groups is 1. The zero-order valence-corrected chi connectivity index (χ0v) is 16.4. The van der Waals surface area contributed by atoms with E-state index >= 15 is 0 Å². The van der Waals surface area contributed by atoms with Gasteiger partial charge in [-0.15, -0.1) is 0 Å². The molecule has 0 saturated heterocycles. The average Bonchev–Trinajstić information content (AvgIpc) is 3.51. The van der Waals surface area contributed by atoms with Crippen LogP contribution >= 0.6 is 11.8 Å². The molecule has 0 bridgehead atoms. The smallest absolute Gasteiger partial charge is 0.283 e. The number of non-ortho nitro benzene ring substituents is 1. The second-order valence-corrected chi connectivity index (χ2v) is 7.44. The van der Waals surface area contributed by atoms with Gasteiger partial charge in [0, 0.05) is 29.7 Å². The lowest BCUT2D eigenvalue weighted by Crippen LogP contribution is -2.35. The van der Waals surface area contributed by atoms with E-state index in [2.05, 4.69) is 10.1 Å². The summed E-state index contributed by atoms with van der Waals surface area (Å²) in [6, 6.07) is 13.0. The summed E-state index contributed by atoms with van der Waals surface area (Å²) in [5.74, 6) is -0.114. The molecule has 0 unspecified atom stereocenters. The van der Waals surface area contributed by atoms with Crippen LogP contribution in [0.25, 0.3) is 11.8 Å². The first-order valence-electron chi connectivity index (χ1n) is 8.97. The molecule has 0 saturated carbocycles. The van der Waals surface area contributed by atoms with E-state index in [9.17, 15) is 14.9 Å². The van der Waals surface area contributed by atoms with Gasteiger partial charge in [-0.25, -0.2) is 0 Å². The first kappa shape index (κ1) is 18.8. The minimum Gasteiger partial charge on any atom is -0.462 e. The number of nitro groups is 1. The molecule has 3 aromatic rings. The second-order valence-electron chi connectivity index (χ2n) is 6.48. The van der Waals surface area contributed by atoms with E-state index in [0.717, 1.165) is 11.8 Å². The quantitative estimate of drug-likeness (QED) is 0.380. The summed E-state index contributed by atoms with van der Waals surface area (Å²) in [4.78, 5) is 27.1. The summed E-state index contributed by atoms with van der Waals surface area (Å²) < 4.78 is 7.09. The Kier molecular flexibility index (Phi) is 4.37. The number of hydrogen-bond acceptors (Lipinski definition) is 7. The predicted molar refractivity (Wildman–Crippen MR) is 115 cm³/mol. The van der Waals surface area contributed by atoms with Gasteiger partial charge in [-0.2, -0.15) is 15.1 Å². The number of carbonyl (C=O) groups is 1. The van der Waals surface area contributed by atoms with Gasteiger partial charge in [0.2, 0.25) is 5.17 Å². The number of rotatable bonds is 4. The largest absolute Gasteiger partial charge is 0.462 e. The van der Waals surface area contributed by atoms with Gasteiger partial charge in [0.1, 0.15) is 0 Å². The van der Waals surface area contributed by atoms with Gasteiger partial charge in [0.15, 0.2) is 16.6 Å². The fourth-order valence-corrected chi connectivity index (χ4v) is 3.98. The Hall–Kier alpha value is -4.25. The SMILES string of the molecule is N=C1/C(=C/c2cccn2-c2ccc([N+](=O)[O-])cc2)C(=O)N=C2SC(c3ccco3)=NN12. The summed E-state index contributed by atoms with van der Waals surface area (Å²) in [7, 11) is 0. The van der Waals surface area contributed by atoms with E-state index in [1.54, 1.807) is 53.2 Å². The van der Waals surface area contributed by atoms with Crippen LogP contribution in [0.15, 0.2) is 81.1 Å². The molecular weight excluding hydrogens is 420 g/mol. The molecule has 2 aliphatic heterocycles. The summed E-state index contributed by atoms with van der Waals surface area (Å²) in [6.07, 6.45) is 4.83. The fraction of sp³-hybridized carbons (Fsp3) is 0. The van der Waals surface area contributed by atoms with Crippen LogP contribution in [0, 0.1) is 15.5 Å². The van der Waals surface area contributed by atoms with E-state index in [0.29, 0.717) is 27.4 Å². The van der Waals surface area contributed by atoms with Gasteiger partial charge < -0.3 is 8.98 Å². The molecule has 10 nitrogen and oxygen atoms in total. The first-order valence-corrected chi connectivity index (χ1v) is 9.79. The van der Waals surface area contributed by atoms with Gasteiger partial charge in [0.25, 0.3) is 11.6 Å². The number of aliphatic imine (C=N–C) groups is 1. The molecule has 4 heterocycles. The third kappa shape index (κ3) is 3.26. The van der Waals surface area contributed by atoms with E-state index in [1.807, 2.05) is 0 Å². The highest BCUT2D eigenvalue weighted by Crippen LogP contribution is 2.31. The number of amidine groups is 2. The number of nitrogens with zero attached hydrogens (tertiary/aromatic N) is 5. The lowest BCUT2D eigenvalue weighted by Gasteiger charge is -2.20. The van der Waals surface area contributed by atoms with Crippen LogP contribution in [0.1, 0.15) is 11.5 Å². The van der Waals surface area contributed by atoms with Crippen LogP contribution in [0.4, 0.5) is 5.69 Å². The Morgan fingerprint density at radius 1 is 1.16 bits per heavy atom. The fourth-order valence-electron chi connectivity index (χ4n) is 3.12. The maximum absolute atomic E-state index is 12.6. The zero-order chi connectivity index (χ0) is 21.5. The molecule has 2 aromatic heterocycles. The number of nitro benzene ring substituents is 1. The average molecular weight is 432 g/mol. The van der Waals surface area contributed by atoms with E-state index in [4.69, 9.17) is 9.83 Å². The Morgan fingerprint density at radius 3 is 2.68 bits per heavy atom. The second kappa shape index (κ2) is 7.22. The van der Waals surface area contributed by atoms with Crippen LogP contribution < -0.4 is 0 Å². The van der Waals surface area contributed by atoms with Crippen molar-refractivity contribution < 1.29 is 14.1 Å². The molecule has 0 atom stereocenters. The lowest BCUT2D eigenvalue weighted by atomic mass is 10.1. The summed E-state index contributed by atoms with van der Waals surface area (Å²) in [5.41, 5.74) is 1.35. The lowest BCUT2D eigenvalue weighted by molar-refractivity contribution is -0.384. The maximum atomic E-state index is 12.6. The van der Waals surface area contributed by atoms with Gasteiger partial charge in [-0.05, 0) is 54.2 Å². The number of nitrogens with one attached hydrogen (secondary N) is 1. The number of amides is 1. The van der Waals surface area contributed by atoms with Crippen molar-refractivity contribution in [3.63, 3.8) is 0 Å². The van der Waals surface area contributed by atoms with Crippen LogP contribution in [0.2, 0.25) is 0 Å². The number of benzene rings is 1. The van der Waals surface area contributed by atoms with Crippen molar-refractivity contribution in [1.82, 2.24) is 9.58 Å². The Labute approximate surface area is 178 Å². The van der Waals surface area contributed by atoms with Gasteiger partial charge in [-0.3, -0.25) is 20.3 Å². The highest BCUT2D eigenvalue weighted by molar-refractivity contribution is 8.27. The summed E-state index contributed by atoms with van der Waals surface area (Å²) >= 11 is 1.16. The Balaban J connectivity index is 1.49. The maximum Gasteiger partial charge on any atom is 0.283 e. The van der Waals surface area contributed by atoms with Crippen LogP contribution in [-0.2, 0) is 4.79 Å². The Morgan fingerprint density at radius 2 is 1.97 bits per heavy atom. The van der Waals surface area contributed by atoms with Crippen molar-refractivity contribution >= 4 is 45.5 Å². The monoisotopic (exact) mass is 432 g/mol. The van der Waals surface area contributed by atoms with Crippen LogP contribution in [0.5, 0.6) is 0 Å². The number of aromatic nitrogens is 1. The van der Waals surface area contributed by atoms with Gasteiger partial charge >= 0.3 is 0 Å². The van der Waals surface area contributed by atoms with Crippen molar-refractivity contribution in [2.75, 3.05) is 0 Å². The van der Waals surface area contributed by atoms with Crippen molar-refractivity contribution in [2.45, 2.75) is 0 Å². The topological polar surface area (TPSA) is 130 Å². The standard InChI is InChI=1S/C20H12N6O4S/c21-17-15(18(27)22-20-25(17)23-19(31-20)16-4-2-10-30-16)11-14-3-1-9-24(14)12-5-7-13(8-6-12)26(28)29/h1-11,21H/b15-11-,21-17?. The number of fused-ring (bicyclic) bond motifs is 1. The number of hydrogen-bond donors (Lipinski definition) is 1. The predicted octanol–water partition coefficient (Wildman–Crippen LogP) is 3.65. The van der Waals surface area contributed by atoms with E-state index in [1.165, 1.54) is 23.4 Å². The van der Waals surface area contributed by atoms with E-state index in [-0.39, 0.29) is 17.1 Å². The molecule has 1 amide bonds. The Bertz CT molecular complexity index is 1320. The summed E-state index contributed by atoms with van der Waals surface area (Å²) in [6.45, 7) is 0. The highest BCUT2D eigenvalue weighted by atomic mass is 32.2. The molecule has 152 valence electrons. The van der Waals surface area contributed by atoms with E-state index < -0.39 is 10.8 Å². The molecule has 0 aliphatic carbocycles. The molecule has 2 aliphatic rings. The van der Waals surface area contributed by atoms with Gasteiger partial charge in [0.05, 0.1) is 16.8 Å². The van der Waals surface area contributed by atoms with Crippen molar-refractivity contribution in [2.24, 2.45) is 10.1 Å². The summed E-state index contributed by atoms with van der Waals surface area (Å²) in [5, 5.41) is 25.8.